The van der Waals surface area contributed by atoms with Crippen LogP contribution in [0.2, 0.25) is 0 Å². The Morgan fingerprint density at radius 2 is 1.83 bits per heavy atom. The molecule has 0 radical (unpaired) electrons. The number of amides is 1. The normalized spacial score (nSPS) is 11.2. The Morgan fingerprint density at radius 1 is 1.10 bits per heavy atom. The summed E-state index contributed by atoms with van der Waals surface area (Å²) in [5.74, 6) is -0.989. The van der Waals surface area contributed by atoms with Gasteiger partial charge in [-0.25, -0.2) is 9.48 Å². The molecule has 0 aliphatic heterocycles. The second kappa shape index (κ2) is 8.13. The zero-order valence-corrected chi connectivity index (χ0v) is 15.1. The average molecular weight is 404 g/mol. The van der Waals surface area contributed by atoms with E-state index in [0.29, 0.717) is 5.69 Å². The number of methoxy groups -OCH3 is 1. The lowest BCUT2D eigenvalue weighted by molar-refractivity contribution is -0.141. The van der Waals surface area contributed by atoms with Gasteiger partial charge in [0.05, 0.1) is 18.4 Å². The van der Waals surface area contributed by atoms with E-state index in [0.717, 1.165) is 16.3 Å². The molecule has 0 atom stereocenters. The molecule has 2 aromatic heterocycles. The first-order valence-electron chi connectivity index (χ1n) is 8.32. The minimum absolute atomic E-state index is 0.130. The number of ether oxygens (including phenoxy) is 1. The van der Waals surface area contributed by atoms with E-state index < -0.39 is 23.7 Å². The summed E-state index contributed by atoms with van der Waals surface area (Å²) in [6.07, 6.45) is -2.03. The van der Waals surface area contributed by atoms with Crippen molar-refractivity contribution < 1.29 is 27.5 Å². The Bertz CT molecular complexity index is 1010. The van der Waals surface area contributed by atoms with Crippen LogP contribution >= 0.6 is 0 Å². The molecule has 0 aliphatic carbocycles. The third-order valence-corrected chi connectivity index (χ3v) is 3.95. The maximum atomic E-state index is 12.6. The average Bonchev–Trinajstić information content (AvgIpc) is 3.23. The number of aromatic nitrogens is 3. The Hall–Kier alpha value is -3.69. The van der Waals surface area contributed by atoms with E-state index in [9.17, 15) is 22.8 Å². The van der Waals surface area contributed by atoms with Crippen molar-refractivity contribution in [2.75, 3.05) is 7.11 Å². The summed E-state index contributed by atoms with van der Waals surface area (Å²) in [4.78, 5) is 27.4. The van der Waals surface area contributed by atoms with Gasteiger partial charge in [0.25, 0.3) is 5.91 Å². The molecule has 0 saturated heterocycles. The van der Waals surface area contributed by atoms with Gasteiger partial charge >= 0.3 is 12.1 Å². The topological polar surface area (TPSA) is 86.1 Å². The third-order valence-electron chi connectivity index (χ3n) is 3.95. The summed E-state index contributed by atoms with van der Waals surface area (Å²) in [6.45, 7) is 0.187. The fraction of sp³-hybridized carbons (Fsp3) is 0.158. The van der Waals surface area contributed by atoms with E-state index in [2.05, 4.69) is 20.1 Å². The van der Waals surface area contributed by atoms with Gasteiger partial charge in [-0.05, 0) is 35.9 Å². The summed E-state index contributed by atoms with van der Waals surface area (Å²) in [5.41, 5.74) is 0.573. The Labute approximate surface area is 163 Å². The first-order valence-corrected chi connectivity index (χ1v) is 8.32. The van der Waals surface area contributed by atoms with Crippen molar-refractivity contribution >= 4 is 11.9 Å². The van der Waals surface area contributed by atoms with Gasteiger partial charge < -0.3 is 10.1 Å². The smallest absolute Gasteiger partial charge is 0.435 e. The number of esters is 1. The highest BCUT2D eigenvalue weighted by molar-refractivity contribution is 5.94. The van der Waals surface area contributed by atoms with Crippen LogP contribution in [0.3, 0.4) is 0 Å². The van der Waals surface area contributed by atoms with Gasteiger partial charge in [-0.2, -0.15) is 18.3 Å². The number of pyridine rings is 1. The van der Waals surface area contributed by atoms with Gasteiger partial charge in [0.15, 0.2) is 5.69 Å². The lowest BCUT2D eigenvalue weighted by atomic mass is 10.2. The van der Waals surface area contributed by atoms with E-state index in [-0.39, 0.29) is 17.8 Å². The van der Waals surface area contributed by atoms with E-state index in [4.69, 9.17) is 0 Å². The monoisotopic (exact) mass is 404 g/mol. The molecule has 3 aromatic rings. The molecular formula is C19H15F3N4O3. The number of benzene rings is 1. The minimum atomic E-state index is -4.50. The number of nitrogens with one attached hydrogen (secondary N) is 1. The zero-order chi connectivity index (χ0) is 21.0. The fourth-order valence-corrected chi connectivity index (χ4v) is 2.43. The molecule has 0 spiro atoms. The molecule has 1 amide bonds. The Kier molecular flexibility index (Phi) is 5.62. The van der Waals surface area contributed by atoms with Crippen molar-refractivity contribution in [1.82, 2.24) is 20.1 Å². The maximum absolute atomic E-state index is 12.6. The van der Waals surface area contributed by atoms with Crippen LogP contribution in [0.1, 0.15) is 32.1 Å². The molecule has 0 saturated carbocycles. The lowest BCUT2D eigenvalue weighted by Crippen LogP contribution is -2.24. The number of carbonyl (C=O) groups excluding carboxylic acids is 2. The third kappa shape index (κ3) is 4.78. The van der Waals surface area contributed by atoms with Crippen molar-refractivity contribution in [3.63, 3.8) is 0 Å². The van der Waals surface area contributed by atoms with Gasteiger partial charge in [0.1, 0.15) is 5.69 Å². The van der Waals surface area contributed by atoms with Gasteiger partial charge in [0.2, 0.25) is 0 Å². The van der Waals surface area contributed by atoms with Crippen LogP contribution in [0.5, 0.6) is 0 Å². The number of rotatable bonds is 5. The predicted octanol–water partition coefficient (Wildman–Crippen LogP) is 3.00. The highest BCUT2D eigenvalue weighted by Crippen LogP contribution is 2.27. The summed E-state index contributed by atoms with van der Waals surface area (Å²) in [7, 11) is 1.25. The van der Waals surface area contributed by atoms with Gasteiger partial charge in [-0.1, -0.05) is 12.1 Å². The molecule has 2 heterocycles. The van der Waals surface area contributed by atoms with Crippen LogP contribution in [0.25, 0.3) is 5.69 Å². The summed E-state index contributed by atoms with van der Waals surface area (Å²) in [6, 6.07) is 10.3. The summed E-state index contributed by atoms with van der Waals surface area (Å²) >= 11 is 0. The standard InChI is InChI=1S/C19H15F3N4O3/c1-29-18(28)13-4-7-15(23-11-13)17(27)24-10-12-2-5-14(6-3-12)26-9-8-16(25-26)19(20,21)22/h2-9,11H,10H2,1H3,(H,24,27). The van der Waals surface area contributed by atoms with Crippen LogP contribution < -0.4 is 5.32 Å². The van der Waals surface area contributed by atoms with Crippen LogP contribution in [-0.4, -0.2) is 33.8 Å². The molecule has 3 rings (SSSR count). The fourth-order valence-electron chi connectivity index (χ4n) is 2.43. The van der Waals surface area contributed by atoms with Crippen LogP contribution in [0.4, 0.5) is 13.2 Å². The zero-order valence-electron chi connectivity index (χ0n) is 15.1. The molecular weight excluding hydrogens is 389 g/mol. The maximum Gasteiger partial charge on any atom is 0.435 e. The van der Waals surface area contributed by atoms with Gasteiger partial charge in [0, 0.05) is 18.9 Å². The van der Waals surface area contributed by atoms with E-state index in [1.54, 1.807) is 24.3 Å². The van der Waals surface area contributed by atoms with E-state index in [1.807, 2.05) is 0 Å². The molecule has 0 fully saturated rings. The van der Waals surface area contributed by atoms with Crippen LogP contribution in [-0.2, 0) is 17.5 Å². The molecule has 7 nitrogen and oxygen atoms in total. The Morgan fingerprint density at radius 3 is 2.38 bits per heavy atom. The lowest BCUT2D eigenvalue weighted by Gasteiger charge is -2.07. The van der Waals surface area contributed by atoms with Crippen molar-refractivity contribution in [3.8, 4) is 5.69 Å². The number of alkyl halides is 3. The van der Waals surface area contributed by atoms with Gasteiger partial charge in [-0.3, -0.25) is 9.78 Å². The molecule has 1 aromatic carbocycles. The number of halogens is 3. The van der Waals surface area contributed by atoms with Crippen molar-refractivity contribution in [2.24, 2.45) is 0 Å². The van der Waals surface area contributed by atoms with Gasteiger partial charge in [-0.15, -0.1) is 0 Å². The molecule has 29 heavy (non-hydrogen) atoms. The van der Waals surface area contributed by atoms with Crippen molar-refractivity contribution in [3.05, 3.63) is 77.4 Å². The minimum Gasteiger partial charge on any atom is -0.465 e. The highest BCUT2D eigenvalue weighted by atomic mass is 19.4. The quantitative estimate of drug-likeness (QED) is 0.661. The SMILES string of the molecule is COC(=O)c1ccc(C(=O)NCc2ccc(-n3ccc(C(F)(F)F)n3)cc2)nc1. The molecule has 0 bridgehead atoms. The number of carbonyl (C=O) groups is 2. The second-order valence-electron chi connectivity index (χ2n) is 5.92. The van der Waals surface area contributed by atoms with E-state index in [1.165, 1.54) is 31.6 Å². The summed E-state index contributed by atoms with van der Waals surface area (Å²) in [5, 5.41) is 6.17. The first-order chi connectivity index (χ1) is 13.8. The van der Waals surface area contributed by atoms with Crippen molar-refractivity contribution in [2.45, 2.75) is 12.7 Å². The number of hydrogen-bond acceptors (Lipinski definition) is 5. The largest absolute Gasteiger partial charge is 0.465 e. The molecule has 10 heteroatoms. The number of hydrogen-bond donors (Lipinski definition) is 1. The van der Waals surface area contributed by atoms with Crippen LogP contribution in [0.15, 0.2) is 54.9 Å². The Balaban J connectivity index is 1.60. The van der Waals surface area contributed by atoms with Crippen molar-refractivity contribution in [1.29, 1.82) is 0 Å². The molecule has 0 aliphatic rings. The molecule has 1 N–H and O–H groups in total. The summed E-state index contributed by atoms with van der Waals surface area (Å²) < 4.78 is 43.6. The first kappa shape index (κ1) is 20.1. The number of nitrogens with zero attached hydrogens (tertiary/aromatic N) is 3. The highest BCUT2D eigenvalue weighted by Gasteiger charge is 2.33. The van der Waals surface area contributed by atoms with E-state index >= 15 is 0 Å². The second-order valence-corrected chi connectivity index (χ2v) is 5.92. The molecule has 150 valence electrons. The molecule has 0 unspecified atom stereocenters. The predicted molar refractivity (Wildman–Crippen MR) is 95.3 cm³/mol. The van der Waals surface area contributed by atoms with Crippen LogP contribution in [0, 0.1) is 0 Å².